The first kappa shape index (κ1) is 46.7. The lowest BCUT2D eigenvalue weighted by atomic mass is 9.67. The lowest BCUT2D eigenvalue weighted by Gasteiger charge is -2.47. The zero-order valence-corrected chi connectivity index (χ0v) is 36.7. The van der Waals surface area contributed by atoms with Crippen molar-refractivity contribution in [3.8, 4) is 11.6 Å². The molecule has 3 N–H and O–H groups in total. The number of rotatable bonds is 10. The van der Waals surface area contributed by atoms with Crippen molar-refractivity contribution in [2.45, 2.75) is 136 Å². The number of carbonyl (C=O) groups is 4. The Kier molecular flexibility index (Phi) is 14.6. The molecular formula is C42H62N6O12. The van der Waals surface area contributed by atoms with E-state index in [0.717, 1.165) is 0 Å². The molecule has 0 bridgehead atoms. The van der Waals surface area contributed by atoms with E-state index >= 15 is 0 Å². The van der Waals surface area contributed by atoms with Gasteiger partial charge in [-0.15, -0.1) is 10.2 Å². The van der Waals surface area contributed by atoms with Crippen LogP contribution in [0.1, 0.15) is 93.6 Å². The van der Waals surface area contributed by atoms with Crippen LogP contribution in [0.3, 0.4) is 0 Å². The maximum Gasteiger partial charge on any atom is 0.317 e. The summed E-state index contributed by atoms with van der Waals surface area (Å²) in [5, 5.41) is 23.6. The van der Waals surface area contributed by atoms with E-state index in [1.807, 2.05) is 25.9 Å². The number of ether oxygens (including phenoxy) is 5. The maximum absolute atomic E-state index is 14.8. The third-order valence-corrected chi connectivity index (χ3v) is 12.7. The third-order valence-electron chi connectivity index (χ3n) is 12.7. The molecule has 0 aliphatic carbocycles. The Balaban J connectivity index is 1.51. The number of aromatic nitrogens is 3. The van der Waals surface area contributed by atoms with Crippen molar-refractivity contribution in [1.82, 2.24) is 20.1 Å². The van der Waals surface area contributed by atoms with Gasteiger partial charge in [0.1, 0.15) is 35.5 Å². The molecule has 5 rings (SSSR count). The molecule has 2 unspecified atom stereocenters. The van der Waals surface area contributed by atoms with Crippen LogP contribution in [0.5, 0.6) is 0 Å². The first-order valence-electron chi connectivity index (χ1n) is 20.6. The summed E-state index contributed by atoms with van der Waals surface area (Å²) in [6.07, 6.45) is -3.35. The van der Waals surface area contributed by atoms with E-state index in [2.05, 4.69) is 20.3 Å². The van der Waals surface area contributed by atoms with Crippen LogP contribution in [0.25, 0.3) is 11.6 Å². The molecule has 332 valence electrons. The third kappa shape index (κ3) is 9.27. The number of hydrogen-bond donors (Lipinski definition) is 2. The van der Waals surface area contributed by atoms with Crippen molar-refractivity contribution in [3.05, 3.63) is 30.3 Å². The average molecular weight is 843 g/mol. The number of fused-ring (bicyclic) bond motifs is 1. The summed E-state index contributed by atoms with van der Waals surface area (Å²) >= 11 is 0. The largest absolute Gasteiger partial charge is 0.458 e. The van der Waals surface area contributed by atoms with Gasteiger partial charge in [-0.1, -0.05) is 38.9 Å². The van der Waals surface area contributed by atoms with Crippen LogP contribution < -0.4 is 5.73 Å². The van der Waals surface area contributed by atoms with Crippen molar-refractivity contribution >= 4 is 29.3 Å². The SMILES string of the molecule is CC[C@@H]1OC(=O)[C@H](C)C(=O)[C@H](C)[C@@H](OC2O[C@H](C)C[C@H](N(C)C)[C@H]2O)[C@](C)(OC)C[C@@H](C)C(=O)[C@H](C)[C@H]2[C@H](/C(N)=N/OC(C)c3nnc(-c4ccccn4)o3)C(=O)O[C@@]21C. The monoisotopic (exact) mass is 842 g/mol. The molecule has 0 spiro atoms. The Labute approximate surface area is 351 Å². The van der Waals surface area contributed by atoms with Gasteiger partial charge in [0.2, 0.25) is 6.10 Å². The van der Waals surface area contributed by atoms with Crippen LogP contribution in [0.15, 0.2) is 34.0 Å². The summed E-state index contributed by atoms with van der Waals surface area (Å²) in [7, 11) is 5.15. The number of amidine groups is 1. The van der Waals surface area contributed by atoms with Crippen molar-refractivity contribution in [2.75, 3.05) is 21.2 Å². The van der Waals surface area contributed by atoms with E-state index < -0.39 is 95.1 Å². The highest BCUT2D eigenvalue weighted by Gasteiger charge is 2.63. The van der Waals surface area contributed by atoms with E-state index in [1.54, 1.807) is 72.9 Å². The Morgan fingerprint density at radius 1 is 1.05 bits per heavy atom. The number of esters is 2. The Morgan fingerprint density at radius 2 is 1.75 bits per heavy atom. The van der Waals surface area contributed by atoms with Crippen LogP contribution in [0.4, 0.5) is 0 Å². The lowest BCUT2D eigenvalue weighted by Crippen LogP contribution is -2.59. The minimum Gasteiger partial charge on any atom is -0.458 e. The zero-order chi connectivity index (χ0) is 44.4. The highest BCUT2D eigenvalue weighted by Crippen LogP contribution is 2.48. The second kappa shape index (κ2) is 18.7. The van der Waals surface area contributed by atoms with Crippen LogP contribution >= 0.6 is 0 Å². The van der Waals surface area contributed by atoms with Gasteiger partial charge < -0.3 is 48.7 Å². The van der Waals surface area contributed by atoms with Gasteiger partial charge in [-0.05, 0) is 80.1 Å². The molecule has 5 heterocycles. The molecule has 0 aromatic carbocycles. The molecule has 0 saturated carbocycles. The number of hydrogen-bond acceptors (Lipinski definition) is 17. The van der Waals surface area contributed by atoms with Crippen LogP contribution in [0.2, 0.25) is 0 Å². The normalized spacial score (nSPS) is 37.9. The van der Waals surface area contributed by atoms with Crippen molar-refractivity contribution in [3.63, 3.8) is 0 Å². The highest BCUT2D eigenvalue weighted by molar-refractivity contribution is 6.03. The highest BCUT2D eigenvalue weighted by atomic mass is 16.7. The summed E-state index contributed by atoms with van der Waals surface area (Å²) in [6.45, 7) is 15.0. The fourth-order valence-corrected chi connectivity index (χ4v) is 9.18. The van der Waals surface area contributed by atoms with E-state index in [1.165, 1.54) is 14.0 Å². The molecule has 0 amide bonds. The smallest absolute Gasteiger partial charge is 0.317 e. The first-order valence-corrected chi connectivity index (χ1v) is 20.6. The van der Waals surface area contributed by atoms with Crippen LogP contribution in [0, 0.1) is 35.5 Å². The number of Topliss-reactive ketones (excluding diaryl/α,β-unsaturated/α-hetero) is 2. The van der Waals surface area contributed by atoms with E-state index in [4.69, 9.17) is 38.7 Å². The van der Waals surface area contributed by atoms with Crippen molar-refractivity contribution in [1.29, 1.82) is 0 Å². The minimum absolute atomic E-state index is 0.0399. The summed E-state index contributed by atoms with van der Waals surface area (Å²) in [5.41, 5.74) is 4.08. The molecule has 18 heteroatoms. The zero-order valence-electron chi connectivity index (χ0n) is 36.7. The summed E-state index contributed by atoms with van der Waals surface area (Å²) in [4.78, 5) is 68.8. The molecule has 60 heavy (non-hydrogen) atoms. The molecule has 3 saturated heterocycles. The van der Waals surface area contributed by atoms with Crippen LogP contribution in [-0.4, -0.2) is 124 Å². The van der Waals surface area contributed by atoms with Gasteiger partial charge in [-0.3, -0.25) is 24.2 Å². The number of carbonyl (C=O) groups excluding carboxylic acids is 4. The Morgan fingerprint density at radius 3 is 2.37 bits per heavy atom. The summed E-state index contributed by atoms with van der Waals surface area (Å²) < 4.78 is 36.8. The van der Waals surface area contributed by atoms with Gasteiger partial charge in [0.05, 0.1) is 17.8 Å². The topological polar surface area (TPSA) is 237 Å². The molecule has 3 fully saturated rings. The fraction of sp³-hybridized carbons (Fsp3) is 0.714. The number of nitrogens with two attached hydrogens (primary N) is 1. The number of aliphatic hydroxyl groups is 1. The Bertz CT molecular complexity index is 1880. The van der Waals surface area contributed by atoms with Crippen LogP contribution in [-0.2, 0) is 47.7 Å². The summed E-state index contributed by atoms with van der Waals surface area (Å²) in [5.74, 6) is -8.87. The van der Waals surface area contributed by atoms with Gasteiger partial charge in [-0.25, -0.2) is 0 Å². The number of nitrogens with zero attached hydrogens (tertiary/aromatic N) is 5. The van der Waals surface area contributed by atoms with E-state index in [9.17, 15) is 24.3 Å². The minimum atomic E-state index is -1.60. The Hall–Kier alpha value is -4.36. The van der Waals surface area contributed by atoms with Gasteiger partial charge in [0.25, 0.3) is 11.8 Å². The predicted molar refractivity (Wildman–Crippen MR) is 214 cm³/mol. The molecule has 18 nitrogen and oxygen atoms in total. The van der Waals surface area contributed by atoms with E-state index in [-0.39, 0.29) is 48.4 Å². The number of methoxy groups -OCH3 is 1. The number of oxime groups is 1. The maximum atomic E-state index is 14.8. The van der Waals surface area contributed by atoms with Crippen molar-refractivity contribution < 1.29 is 57.2 Å². The second-order valence-electron chi connectivity index (χ2n) is 17.2. The van der Waals surface area contributed by atoms with Gasteiger partial charge in [-0.2, -0.15) is 0 Å². The number of pyridine rings is 1. The molecule has 2 aromatic heterocycles. The fourth-order valence-electron chi connectivity index (χ4n) is 9.18. The number of likely N-dealkylation sites (N-methyl/N-ethyl adjacent to an activating group) is 1. The van der Waals surface area contributed by atoms with Crippen molar-refractivity contribution in [2.24, 2.45) is 46.4 Å². The molecular weight excluding hydrogens is 780 g/mol. The number of aliphatic hydroxyl groups excluding tert-OH is 1. The predicted octanol–water partition coefficient (Wildman–Crippen LogP) is 3.65. The molecule has 2 aromatic rings. The molecule has 0 radical (unpaired) electrons. The summed E-state index contributed by atoms with van der Waals surface area (Å²) in [6, 6.07) is 4.92. The molecule has 3 aliphatic heterocycles. The van der Waals surface area contributed by atoms with Gasteiger partial charge >= 0.3 is 11.9 Å². The first-order chi connectivity index (χ1) is 28.2. The van der Waals surface area contributed by atoms with Gasteiger partial charge in [0.15, 0.2) is 23.5 Å². The van der Waals surface area contributed by atoms with E-state index in [0.29, 0.717) is 12.1 Å². The number of ketones is 2. The quantitative estimate of drug-likeness (QED) is 0.114. The van der Waals surface area contributed by atoms with Gasteiger partial charge in [0, 0.05) is 43.0 Å². The lowest BCUT2D eigenvalue weighted by molar-refractivity contribution is -0.295. The number of cyclic esters (lactones) is 1. The standard InChI is InChI=1S/C42H62N6O12/c1-13-28-42(9)30(29(39(53)59-42)35(43)47-60-25(7)36-45-46-37(58-36)26-16-14-15-17-44-26)22(4)31(49)20(2)19-41(8,54-12)34(23(5)32(50)24(6)38(52)56-28)57-40-33(51)27(48(10)11)18-21(3)55-40/h14-17,20-25,27-30,33-34,40,51H,13,18-19H2,1-12H3,(H2,43,47)/t20-,21-,22-,23+,24-,25?,27+,28+,29-,30+,33-,34-,40?,41-,42-/m1/s1. The molecule has 3 aliphatic rings. The average Bonchev–Trinajstić information content (AvgIpc) is 3.83. The second-order valence-corrected chi connectivity index (χ2v) is 17.2. The molecule has 15 atom stereocenters.